The summed E-state index contributed by atoms with van der Waals surface area (Å²) in [6.07, 6.45) is 3.43. The molecule has 3 saturated heterocycles. The molecule has 1 aromatic carbocycles. The van der Waals surface area contributed by atoms with Crippen LogP contribution in [0.3, 0.4) is 0 Å². The molecule has 4 unspecified atom stereocenters. The third-order valence-electron chi connectivity index (χ3n) is 6.44. The maximum absolute atomic E-state index is 11.5. The lowest BCUT2D eigenvalue weighted by atomic mass is 9.74. The number of aryl methyl sites for hydroxylation is 1. The van der Waals surface area contributed by atoms with Crippen molar-refractivity contribution in [3.63, 3.8) is 0 Å². The number of fused-ring (bicyclic) bond motifs is 3. The fourth-order valence-electron chi connectivity index (χ4n) is 4.83. The molecule has 2 aromatic rings. The first kappa shape index (κ1) is 20.4. The molecule has 1 aromatic heterocycles. The van der Waals surface area contributed by atoms with Crippen molar-refractivity contribution in [2.45, 2.75) is 24.8 Å². The number of piperidine rings is 3. The highest BCUT2D eigenvalue weighted by atomic mass is 32.2. The third-order valence-corrected chi connectivity index (χ3v) is 7.13. The van der Waals surface area contributed by atoms with Crippen molar-refractivity contribution < 1.29 is 8.42 Å². The van der Waals surface area contributed by atoms with Crippen molar-refractivity contribution in [1.29, 1.82) is 0 Å². The average molecular weight is 418 g/mol. The molecule has 0 saturated carbocycles. The fraction of sp³-hybridized carbons (Fsp3) is 0.571. The largest absolute Gasteiger partial charge is 0.378 e. The Labute approximate surface area is 173 Å². The minimum absolute atomic E-state index is 0.297. The Morgan fingerprint density at radius 2 is 1.97 bits per heavy atom. The van der Waals surface area contributed by atoms with Crippen LogP contribution in [0.2, 0.25) is 0 Å². The molecule has 4 atom stereocenters. The van der Waals surface area contributed by atoms with Crippen LogP contribution >= 0.6 is 0 Å². The molecule has 1 N–H and O–H groups in total. The highest BCUT2D eigenvalue weighted by Crippen LogP contribution is 2.42. The van der Waals surface area contributed by atoms with E-state index in [0.29, 0.717) is 24.4 Å². The van der Waals surface area contributed by atoms with Gasteiger partial charge in [0.2, 0.25) is 10.0 Å². The van der Waals surface area contributed by atoms with E-state index >= 15 is 0 Å². The zero-order chi connectivity index (χ0) is 20.8. The third kappa shape index (κ3) is 4.34. The maximum Gasteiger partial charge on any atom is 0.208 e. The number of aromatic nitrogens is 2. The van der Waals surface area contributed by atoms with Gasteiger partial charge >= 0.3 is 0 Å². The van der Waals surface area contributed by atoms with E-state index in [2.05, 4.69) is 44.9 Å². The van der Waals surface area contributed by atoms with Gasteiger partial charge in [0.15, 0.2) is 0 Å². The minimum atomic E-state index is -3.14. The lowest BCUT2D eigenvalue weighted by molar-refractivity contribution is 0.0306. The van der Waals surface area contributed by atoms with Gasteiger partial charge in [-0.25, -0.2) is 13.1 Å². The molecule has 29 heavy (non-hydrogen) atoms. The summed E-state index contributed by atoms with van der Waals surface area (Å²) in [5.74, 6) is 1.02. The van der Waals surface area contributed by atoms with Crippen LogP contribution in [0.5, 0.6) is 0 Å². The van der Waals surface area contributed by atoms with Gasteiger partial charge in [-0.3, -0.25) is 9.58 Å². The van der Waals surface area contributed by atoms with Crippen LogP contribution in [-0.4, -0.2) is 69.1 Å². The summed E-state index contributed by atoms with van der Waals surface area (Å²) in [6.45, 7) is 2.53. The Morgan fingerprint density at radius 3 is 2.55 bits per heavy atom. The lowest BCUT2D eigenvalue weighted by Crippen LogP contribution is -2.56. The van der Waals surface area contributed by atoms with Gasteiger partial charge in [0, 0.05) is 63.1 Å². The monoisotopic (exact) mass is 417 g/mol. The predicted octanol–water partition coefficient (Wildman–Crippen LogP) is 1.88. The van der Waals surface area contributed by atoms with E-state index < -0.39 is 10.0 Å². The highest BCUT2D eigenvalue weighted by Gasteiger charge is 2.41. The van der Waals surface area contributed by atoms with E-state index in [4.69, 9.17) is 5.10 Å². The molecule has 3 fully saturated rings. The molecule has 0 spiro atoms. The van der Waals surface area contributed by atoms with E-state index in [1.807, 2.05) is 25.8 Å². The second-order valence-electron chi connectivity index (χ2n) is 8.68. The van der Waals surface area contributed by atoms with Crippen LogP contribution in [0.25, 0.3) is 11.3 Å². The van der Waals surface area contributed by atoms with Crippen molar-refractivity contribution in [1.82, 2.24) is 19.4 Å². The number of nitrogens with zero attached hydrogens (tertiary/aromatic N) is 4. The van der Waals surface area contributed by atoms with Gasteiger partial charge in [0.1, 0.15) is 0 Å². The Morgan fingerprint density at radius 1 is 1.24 bits per heavy atom. The first-order chi connectivity index (χ1) is 13.7. The second kappa shape index (κ2) is 7.74. The lowest BCUT2D eigenvalue weighted by Gasteiger charge is -2.49. The van der Waals surface area contributed by atoms with Crippen LogP contribution in [0.1, 0.15) is 24.5 Å². The number of benzene rings is 1. The molecule has 0 radical (unpaired) electrons. The van der Waals surface area contributed by atoms with Crippen LogP contribution in [0.4, 0.5) is 5.69 Å². The zero-order valence-electron chi connectivity index (χ0n) is 17.7. The topological polar surface area (TPSA) is 70.5 Å². The Kier molecular flexibility index (Phi) is 5.44. The van der Waals surface area contributed by atoms with Gasteiger partial charge in [-0.2, -0.15) is 5.10 Å². The number of nitrogens with one attached hydrogen (secondary N) is 1. The van der Waals surface area contributed by atoms with E-state index in [-0.39, 0.29) is 0 Å². The number of rotatable bonds is 6. The summed E-state index contributed by atoms with van der Waals surface area (Å²) in [5.41, 5.74) is 4.60. The summed E-state index contributed by atoms with van der Waals surface area (Å²) < 4.78 is 27.6. The van der Waals surface area contributed by atoms with E-state index in [1.165, 1.54) is 17.6 Å². The predicted molar refractivity (Wildman–Crippen MR) is 117 cm³/mol. The Bertz CT molecular complexity index is 967. The van der Waals surface area contributed by atoms with Crippen LogP contribution in [0, 0.1) is 5.92 Å². The van der Waals surface area contributed by atoms with Crippen molar-refractivity contribution in [2.75, 3.05) is 44.9 Å². The van der Waals surface area contributed by atoms with Crippen LogP contribution in [0.15, 0.2) is 30.3 Å². The standard InChI is InChI=1S/C21H31N5O2S/c1-24(2)17-7-5-15(6-8-17)20-12-21(25(3)23-20)19-14-26-10-9-16(19)11-18(26)13-22-29(4,27)28/h5-8,12,16,18-19,22H,9-11,13-14H2,1-4H3. The van der Waals surface area contributed by atoms with Gasteiger partial charge in [-0.05, 0) is 43.5 Å². The number of sulfonamides is 1. The first-order valence-corrected chi connectivity index (χ1v) is 12.1. The Hall–Kier alpha value is -1.90. The molecule has 8 heteroatoms. The summed E-state index contributed by atoms with van der Waals surface area (Å²) in [5, 5.41) is 4.79. The smallest absolute Gasteiger partial charge is 0.208 e. The minimum Gasteiger partial charge on any atom is -0.378 e. The van der Waals surface area contributed by atoms with E-state index in [9.17, 15) is 8.42 Å². The summed E-state index contributed by atoms with van der Waals surface area (Å²) in [7, 11) is 2.98. The highest BCUT2D eigenvalue weighted by molar-refractivity contribution is 7.88. The van der Waals surface area contributed by atoms with Crippen molar-refractivity contribution >= 4 is 15.7 Å². The van der Waals surface area contributed by atoms with Crippen molar-refractivity contribution in [3.8, 4) is 11.3 Å². The van der Waals surface area contributed by atoms with Gasteiger partial charge < -0.3 is 4.90 Å². The summed E-state index contributed by atoms with van der Waals surface area (Å²) in [4.78, 5) is 4.54. The Balaban J connectivity index is 1.50. The summed E-state index contributed by atoms with van der Waals surface area (Å²) >= 11 is 0. The fourth-order valence-corrected chi connectivity index (χ4v) is 5.33. The molecule has 7 nitrogen and oxygen atoms in total. The number of hydrogen-bond acceptors (Lipinski definition) is 5. The molecule has 4 heterocycles. The molecule has 5 rings (SSSR count). The average Bonchev–Trinajstić information content (AvgIpc) is 3.08. The molecule has 0 amide bonds. The molecule has 2 bridgehead atoms. The second-order valence-corrected chi connectivity index (χ2v) is 10.5. The van der Waals surface area contributed by atoms with Gasteiger partial charge in [-0.15, -0.1) is 0 Å². The maximum atomic E-state index is 11.5. The first-order valence-electron chi connectivity index (χ1n) is 10.2. The molecular formula is C21H31N5O2S. The molecule has 3 aliphatic heterocycles. The van der Waals surface area contributed by atoms with Gasteiger partial charge in [0.25, 0.3) is 0 Å². The van der Waals surface area contributed by atoms with E-state index in [1.54, 1.807) is 0 Å². The van der Waals surface area contributed by atoms with Crippen molar-refractivity contribution in [2.24, 2.45) is 13.0 Å². The molecule has 158 valence electrons. The van der Waals surface area contributed by atoms with Crippen molar-refractivity contribution in [3.05, 3.63) is 36.0 Å². The SMILES string of the molecule is CN(C)c1ccc(-c2cc(C3CN4CCC3CC4CNS(C)(=O)=O)n(C)n2)cc1. The number of hydrogen-bond donors (Lipinski definition) is 1. The molecular weight excluding hydrogens is 386 g/mol. The number of anilines is 1. The molecule has 0 aliphatic carbocycles. The zero-order valence-corrected chi connectivity index (χ0v) is 18.5. The van der Waals surface area contributed by atoms with Gasteiger partial charge in [0.05, 0.1) is 11.9 Å². The molecule has 3 aliphatic rings. The van der Waals surface area contributed by atoms with Crippen LogP contribution < -0.4 is 9.62 Å². The summed E-state index contributed by atoms with van der Waals surface area (Å²) in [6, 6.07) is 11.0. The van der Waals surface area contributed by atoms with E-state index in [0.717, 1.165) is 37.2 Å². The normalized spacial score (nSPS) is 26.6. The van der Waals surface area contributed by atoms with Crippen LogP contribution in [-0.2, 0) is 17.1 Å². The van der Waals surface area contributed by atoms with Gasteiger partial charge in [-0.1, -0.05) is 12.1 Å². The quantitative estimate of drug-likeness (QED) is 0.777.